The molecule has 2 atom stereocenters. The molecule has 0 radical (unpaired) electrons. The topological polar surface area (TPSA) is 97.5 Å². The Labute approximate surface area is 187 Å². The number of carbonyl (C=O) groups excluding carboxylic acids is 3. The second-order valence-corrected chi connectivity index (χ2v) is 8.06. The number of esters is 1. The average molecular weight is 437 g/mol. The number of alkyl carbamates (subject to hydrolysis) is 1. The summed E-state index contributed by atoms with van der Waals surface area (Å²) in [5.74, 6) is -0.857. The number of ether oxygens (including phenoxy) is 2. The number of hydrogen-bond donors (Lipinski definition) is 2. The highest BCUT2D eigenvalue weighted by atomic mass is 16.6. The van der Waals surface area contributed by atoms with Gasteiger partial charge in [-0.1, -0.05) is 62.4 Å². The SMILES string of the molecule is CC(C)COC(=O)N[C@@H](Cc1c[nH]c2ccccc12)C(=O)O[C@H](C)C(=O)c1ccccc1. The number of fused-ring (bicyclic) bond motifs is 1. The van der Waals surface area contributed by atoms with Gasteiger partial charge >= 0.3 is 12.1 Å². The molecule has 0 saturated heterocycles. The molecule has 0 saturated carbocycles. The second-order valence-electron chi connectivity index (χ2n) is 8.06. The Kier molecular flexibility index (Phi) is 7.65. The first kappa shape index (κ1) is 23.1. The summed E-state index contributed by atoms with van der Waals surface area (Å²) in [5.41, 5.74) is 2.21. The van der Waals surface area contributed by atoms with Crippen LogP contribution in [-0.4, -0.2) is 41.6 Å². The standard InChI is InChI=1S/C25H28N2O5/c1-16(2)15-31-25(30)27-22(13-19-14-26-21-12-8-7-11-20(19)21)24(29)32-17(3)23(28)18-9-5-4-6-10-18/h4-12,14,16-17,22,26H,13,15H2,1-3H3,(H,27,30)/t17-,22+/m1/s1. The maximum absolute atomic E-state index is 13.0. The van der Waals surface area contributed by atoms with Gasteiger partial charge in [0.1, 0.15) is 6.04 Å². The van der Waals surface area contributed by atoms with Gasteiger partial charge in [0.2, 0.25) is 5.78 Å². The Morgan fingerprint density at radius 1 is 0.969 bits per heavy atom. The van der Waals surface area contributed by atoms with Gasteiger partial charge in [-0.05, 0) is 24.5 Å². The lowest BCUT2D eigenvalue weighted by atomic mass is 10.0. The first-order valence-electron chi connectivity index (χ1n) is 10.6. The minimum absolute atomic E-state index is 0.156. The third-order valence-electron chi connectivity index (χ3n) is 4.94. The largest absolute Gasteiger partial charge is 0.453 e. The molecular weight excluding hydrogens is 408 g/mol. The van der Waals surface area contributed by atoms with Gasteiger partial charge in [-0.3, -0.25) is 4.79 Å². The number of nitrogens with one attached hydrogen (secondary N) is 2. The van der Waals surface area contributed by atoms with Gasteiger partial charge < -0.3 is 19.8 Å². The molecule has 7 heteroatoms. The third-order valence-corrected chi connectivity index (χ3v) is 4.94. The van der Waals surface area contributed by atoms with E-state index >= 15 is 0 Å². The highest BCUT2D eigenvalue weighted by Gasteiger charge is 2.28. The van der Waals surface area contributed by atoms with Gasteiger partial charge in [0.25, 0.3) is 0 Å². The molecule has 1 amide bonds. The van der Waals surface area contributed by atoms with Crippen molar-refractivity contribution in [3.05, 3.63) is 71.9 Å². The molecule has 0 spiro atoms. The summed E-state index contributed by atoms with van der Waals surface area (Å²) in [5, 5.41) is 3.54. The predicted octanol–water partition coefficient (Wildman–Crippen LogP) is 4.28. The van der Waals surface area contributed by atoms with Crippen molar-refractivity contribution in [2.24, 2.45) is 5.92 Å². The van der Waals surface area contributed by atoms with Crippen LogP contribution in [-0.2, 0) is 20.7 Å². The van der Waals surface area contributed by atoms with E-state index in [1.54, 1.807) is 36.5 Å². The van der Waals surface area contributed by atoms with E-state index in [1.165, 1.54) is 6.92 Å². The van der Waals surface area contributed by atoms with Crippen LogP contribution in [0.4, 0.5) is 4.79 Å². The number of carbonyl (C=O) groups is 3. The molecule has 0 bridgehead atoms. The number of aromatic nitrogens is 1. The fraction of sp³-hybridized carbons (Fsp3) is 0.320. The number of benzene rings is 2. The van der Waals surface area contributed by atoms with E-state index in [0.29, 0.717) is 5.56 Å². The Morgan fingerprint density at radius 2 is 1.66 bits per heavy atom. The molecule has 1 aromatic heterocycles. The van der Waals surface area contributed by atoms with Crippen molar-refractivity contribution in [2.45, 2.75) is 39.3 Å². The number of ketones is 1. The highest BCUT2D eigenvalue weighted by molar-refractivity contribution is 6.00. The van der Waals surface area contributed by atoms with Crippen molar-refractivity contribution >= 4 is 28.7 Å². The zero-order valence-electron chi connectivity index (χ0n) is 18.5. The molecule has 1 heterocycles. The van der Waals surface area contributed by atoms with Crippen molar-refractivity contribution in [1.29, 1.82) is 0 Å². The van der Waals surface area contributed by atoms with E-state index in [4.69, 9.17) is 9.47 Å². The van der Waals surface area contributed by atoms with Crippen LogP contribution in [0.25, 0.3) is 10.9 Å². The average Bonchev–Trinajstić information content (AvgIpc) is 3.20. The second kappa shape index (κ2) is 10.6. The molecule has 0 fully saturated rings. The van der Waals surface area contributed by atoms with Gasteiger partial charge in [-0.2, -0.15) is 0 Å². The smallest absolute Gasteiger partial charge is 0.407 e. The fourth-order valence-electron chi connectivity index (χ4n) is 3.29. The van der Waals surface area contributed by atoms with Crippen molar-refractivity contribution in [2.75, 3.05) is 6.61 Å². The number of aromatic amines is 1. The Bertz CT molecular complexity index is 1070. The molecule has 2 N–H and O–H groups in total. The molecule has 3 aromatic rings. The third kappa shape index (κ3) is 5.97. The number of Topliss-reactive ketones (excluding diaryl/α,β-unsaturated/α-hetero) is 1. The Hall–Kier alpha value is -3.61. The van der Waals surface area contributed by atoms with E-state index in [9.17, 15) is 14.4 Å². The van der Waals surface area contributed by atoms with Crippen LogP contribution in [0.1, 0.15) is 36.7 Å². The van der Waals surface area contributed by atoms with Crippen LogP contribution in [0, 0.1) is 5.92 Å². The molecule has 0 aliphatic heterocycles. The minimum atomic E-state index is -1.01. The maximum atomic E-state index is 13.0. The number of rotatable bonds is 9. The van der Waals surface area contributed by atoms with Crippen molar-refractivity contribution in [1.82, 2.24) is 10.3 Å². The fourth-order valence-corrected chi connectivity index (χ4v) is 3.29. The highest BCUT2D eigenvalue weighted by Crippen LogP contribution is 2.20. The summed E-state index contributed by atoms with van der Waals surface area (Å²) in [6, 6.07) is 15.3. The van der Waals surface area contributed by atoms with Gasteiger partial charge in [0.15, 0.2) is 6.10 Å². The molecule has 168 valence electrons. The van der Waals surface area contributed by atoms with Gasteiger partial charge in [0.05, 0.1) is 6.61 Å². The summed E-state index contributed by atoms with van der Waals surface area (Å²) in [4.78, 5) is 41.0. The zero-order chi connectivity index (χ0) is 23.1. The van der Waals surface area contributed by atoms with Gasteiger partial charge in [-0.25, -0.2) is 9.59 Å². The van der Waals surface area contributed by atoms with E-state index in [1.807, 2.05) is 38.1 Å². The molecule has 2 aromatic carbocycles. The molecule has 3 rings (SSSR count). The lowest BCUT2D eigenvalue weighted by Crippen LogP contribution is -2.45. The first-order chi connectivity index (χ1) is 15.3. The molecule has 0 aliphatic rings. The van der Waals surface area contributed by atoms with Crippen LogP contribution < -0.4 is 5.32 Å². The van der Waals surface area contributed by atoms with Crippen molar-refractivity contribution < 1.29 is 23.9 Å². The predicted molar refractivity (Wildman–Crippen MR) is 121 cm³/mol. The van der Waals surface area contributed by atoms with Gasteiger partial charge in [-0.15, -0.1) is 0 Å². The van der Waals surface area contributed by atoms with Crippen LogP contribution in [0.3, 0.4) is 0 Å². The molecule has 0 aliphatic carbocycles. The van der Waals surface area contributed by atoms with Crippen LogP contribution in [0.15, 0.2) is 60.8 Å². The summed E-state index contributed by atoms with van der Waals surface area (Å²) in [7, 11) is 0. The summed E-state index contributed by atoms with van der Waals surface area (Å²) < 4.78 is 10.6. The molecular formula is C25H28N2O5. The van der Waals surface area contributed by atoms with Crippen LogP contribution >= 0.6 is 0 Å². The molecule has 0 unspecified atom stereocenters. The summed E-state index contributed by atoms with van der Waals surface area (Å²) in [6.07, 6.45) is 0.280. The lowest BCUT2D eigenvalue weighted by Gasteiger charge is -2.20. The number of para-hydroxylation sites is 1. The van der Waals surface area contributed by atoms with E-state index in [2.05, 4.69) is 10.3 Å². The molecule has 7 nitrogen and oxygen atoms in total. The monoisotopic (exact) mass is 436 g/mol. The quantitative estimate of drug-likeness (QED) is 0.386. The summed E-state index contributed by atoms with van der Waals surface area (Å²) in [6.45, 7) is 5.58. The number of amides is 1. The Morgan fingerprint density at radius 3 is 2.38 bits per heavy atom. The van der Waals surface area contributed by atoms with Gasteiger partial charge in [0, 0.05) is 29.1 Å². The van der Waals surface area contributed by atoms with Crippen molar-refractivity contribution in [3.8, 4) is 0 Å². The van der Waals surface area contributed by atoms with Crippen LogP contribution in [0.2, 0.25) is 0 Å². The maximum Gasteiger partial charge on any atom is 0.407 e. The lowest BCUT2D eigenvalue weighted by molar-refractivity contribution is -0.148. The molecule has 32 heavy (non-hydrogen) atoms. The normalized spacial score (nSPS) is 12.9. The minimum Gasteiger partial charge on any atom is -0.453 e. The van der Waals surface area contributed by atoms with E-state index in [-0.39, 0.29) is 24.7 Å². The van der Waals surface area contributed by atoms with E-state index in [0.717, 1.165) is 16.5 Å². The Balaban J connectivity index is 1.75. The number of hydrogen-bond acceptors (Lipinski definition) is 5. The zero-order valence-corrected chi connectivity index (χ0v) is 18.5. The van der Waals surface area contributed by atoms with E-state index < -0.39 is 24.2 Å². The first-order valence-corrected chi connectivity index (χ1v) is 10.6. The van der Waals surface area contributed by atoms with Crippen LogP contribution in [0.5, 0.6) is 0 Å². The summed E-state index contributed by atoms with van der Waals surface area (Å²) >= 11 is 0. The van der Waals surface area contributed by atoms with Crippen molar-refractivity contribution in [3.63, 3.8) is 0 Å². The number of H-pyrrole nitrogens is 1.